The Kier molecular flexibility index (Phi) is 7.18. The van der Waals surface area contributed by atoms with E-state index in [0.29, 0.717) is 53.8 Å². The highest BCUT2D eigenvalue weighted by Gasteiger charge is 2.27. The number of carboxylic acids is 1. The number of anilines is 1. The first-order valence-electron chi connectivity index (χ1n) is 11.3. The van der Waals surface area contributed by atoms with Crippen molar-refractivity contribution >= 4 is 11.9 Å². The van der Waals surface area contributed by atoms with Crippen LogP contribution < -0.4 is 10.5 Å². The fourth-order valence-electron chi connectivity index (χ4n) is 4.36. The van der Waals surface area contributed by atoms with Gasteiger partial charge in [0.2, 0.25) is 11.8 Å². The number of aryl methyl sites for hydroxylation is 1. The van der Waals surface area contributed by atoms with Crippen molar-refractivity contribution in [3.8, 4) is 28.3 Å². The van der Waals surface area contributed by atoms with E-state index in [4.69, 9.17) is 10.5 Å². The number of halogens is 3. The van der Waals surface area contributed by atoms with Crippen LogP contribution in [0.15, 0.2) is 36.4 Å². The molecule has 0 amide bonds. The van der Waals surface area contributed by atoms with Crippen LogP contribution in [-0.4, -0.2) is 32.6 Å². The summed E-state index contributed by atoms with van der Waals surface area (Å²) >= 11 is 0. The Balaban J connectivity index is 1.75. The lowest BCUT2D eigenvalue weighted by Crippen LogP contribution is -2.24. The summed E-state index contributed by atoms with van der Waals surface area (Å²) in [5, 5.41) is 9.22. The van der Waals surface area contributed by atoms with Gasteiger partial charge in [0, 0.05) is 11.3 Å². The minimum atomic E-state index is -2.79. The number of alkyl halides is 2. The number of nitrogen functional groups attached to an aromatic ring is 1. The minimum Gasteiger partial charge on any atom is -0.481 e. The predicted octanol–water partition coefficient (Wildman–Crippen LogP) is 5.44. The third kappa shape index (κ3) is 5.70. The van der Waals surface area contributed by atoms with Gasteiger partial charge in [-0.15, -0.1) is 0 Å². The molecule has 1 saturated carbocycles. The minimum absolute atomic E-state index is 0.0856. The zero-order chi connectivity index (χ0) is 25.1. The molecular formula is C25H25F3N4O3. The van der Waals surface area contributed by atoms with Crippen LogP contribution in [0.3, 0.4) is 0 Å². The topological polar surface area (TPSA) is 111 Å². The summed E-state index contributed by atoms with van der Waals surface area (Å²) in [6.45, 7) is 1.86. The first-order chi connectivity index (χ1) is 16.7. The lowest BCUT2D eigenvalue weighted by atomic mass is 9.82. The van der Waals surface area contributed by atoms with Gasteiger partial charge in [0.25, 0.3) is 6.43 Å². The van der Waals surface area contributed by atoms with Gasteiger partial charge >= 0.3 is 5.97 Å². The summed E-state index contributed by atoms with van der Waals surface area (Å²) in [6.07, 6.45) is -0.302. The van der Waals surface area contributed by atoms with Crippen molar-refractivity contribution in [1.82, 2.24) is 15.0 Å². The summed E-state index contributed by atoms with van der Waals surface area (Å²) in [6, 6.07) is 8.44. The molecule has 4 rings (SSSR count). The van der Waals surface area contributed by atoms with Gasteiger partial charge < -0.3 is 15.6 Å². The highest BCUT2D eigenvalue weighted by atomic mass is 19.3. The normalized spacial score (nSPS) is 18.0. The van der Waals surface area contributed by atoms with Crippen LogP contribution in [0.5, 0.6) is 5.88 Å². The number of hydrogen-bond donors (Lipinski definition) is 2. The van der Waals surface area contributed by atoms with Gasteiger partial charge in [0.05, 0.1) is 23.8 Å². The number of ether oxygens (including phenoxy) is 1. The zero-order valence-electron chi connectivity index (χ0n) is 19.0. The monoisotopic (exact) mass is 486 g/mol. The van der Waals surface area contributed by atoms with Gasteiger partial charge in [-0.1, -0.05) is 0 Å². The molecule has 10 heteroatoms. The zero-order valence-corrected chi connectivity index (χ0v) is 19.0. The number of nitrogens with two attached hydrogens (primary N) is 1. The van der Waals surface area contributed by atoms with Gasteiger partial charge in [-0.3, -0.25) is 9.78 Å². The Labute approximate surface area is 200 Å². The van der Waals surface area contributed by atoms with Crippen LogP contribution in [0.1, 0.15) is 43.5 Å². The van der Waals surface area contributed by atoms with Crippen LogP contribution in [0.25, 0.3) is 22.4 Å². The third-order valence-corrected chi connectivity index (χ3v) is 6.15. The van der Waals surface area contributed by atoms with E-state index >= 15 is 0 Å². The molecule has 7 nitrogen and oxygen atoms in total. The maximum Gasteiger partial charge on any atom is 0.306 e. The fraction of sp³-hybridized carbons (Fsp3) is 0.360. The molecule has 2 heterocycles. The molecule has 3 aromatic rings. The molecule has 1 fully saturated rings. The molecule has 1 aromatic carbocycles. The van der Waals surface area contributed by atoms with Crippen molar-refractivity contribution in [2.45, 2.75) is 39.0 Å². The predicted molar refractivity (Wildman–Crippen MR) is 123 cm³/mol. The number of hydrogen-bond acceptors (Lipinski definition) is 6. The van der Waals surface area contributed by atoms with Crippen LogP contribution in [0.4, 0.5) is 19.1 Å². The van der Waals surface area contributed by atoms with Crippen molar-refractivity contribution < 1.29 is 27.8 Å². The molecule has 0 radical (unpaired) electrons. The number of carbonyl (C=O) groups is 1. The average Bonchev–Trinajstić information content (AvgIpc) is 2.82. The molecule has 0 atom stereocenters. The van der Waals surface area contributed by atoms with E-state index in [0.717, 1.165) is 0 Å². The SMILES string of the molecule is Cc1cc(-c2c(OC[C@H]3CC[C@@H](C(=O)O)CC3)nc(N)nc2-c2ccc(F)cc2)cc(C(F)F)n1. The Morgan fingerprint density at radius 1 is 1.09 bits per heavy atom. The lowest BCUT2D eigenvalue weighted by Gasteiger charge is -2.26. The van der Waals surface area contributed by atoms with Crippen molar-refractivity contribution in [3.63, 3.8) is 0 Å². The second-order valence-electron chi connectivity index (χ2n) is 8.71. The van der Waals surface area contributed by atoms with Gasteiger partial charge in [0.15, 0.2) is 0 Å². The molecule has 0 unspecified atom stereocenters. The standard InChI is InChI=1S/C25H25F3N4O3/c1-13-10-17(11-19(30-13)22(27)28)20-21(15-6-8-18(26)9-7-15)31-25(29)32-23(20)35-12-14-2-4-16(5-3-14)24(33)34/h6-11,14,16,22H,2-5,12H2,1H3,(H,33,34)(H2,29,31,32)/t14-,16+. The highest BCUT2D eigenvalue weighted by molar-refractivity contribution is 5.85. The van der Waals surface area contributed by atoms with Crippen molar-refractivity contribution in [2.75, 3.05) is 12.3 Å². The maximum absolute atomic E-state index is 13.6. The van der Waals surface area contributed by atoms with Gasteiger partial charge in [0.1, 0.15) is 11.5 Å². The van der Waals surface area contributed by atoms with Gasteiger partial charge in [-0.2, -0.15) is 4.98 Å². The van der Waals surface area contributed by atoms with Crippen molar-refractivity contribution in [2.24, 2.45) is 11.8 Å². The van der Waals surface area contributed by atoms with Crippen molar-refractivity contribution in [3.05, 3.63) is 53.6 Å². The van der Waals surface area contributed by atoms with E-state index in [1.807, 2.05) is 0 Å². The van der Waals surface area contributed by atoms with Crippen LogP contribution in [0, 0.1) is 24.6 Å². The molecule has 0 bridgehead atoms. The molecule has 35 heavy (non-hydrogen) atoms. The summed E-state index contributed by atoms with van der Waals surface area (Å²) in [5.41, 5.74) is 7.48. The average molecular weight is 486 g/mol. The summed E-state index contributed by atoms with van der Waals surface area (Å²) in [5.74, 6) is -1.44. The van der Waals surface area contributed by atoms with Crippen molar-refractivity contribution in [1.29, 1.82) is 0 Å². The number of carboxylic acid groups (broad SMARTS) is 1. The molecule has 3 N–H and O–H groups in total. The number of aromatic nitrogens is 3. The third-order valence-electron chi connectivity index (χ3n) is 6.15. The first-order valence-corrected chi connectivity index (χ1v) is 11.3. The molecule has 0 aliphatic heterocycles. The number of aliphatic carboxylic acids is 1. The first kappa shape index (κ1) is 24.4. The summed E-state index contributed by atoms with van der Waals surface area (Å²) < 4.78 is 46.7. The Bertz CT molecular complexity index is 1210. The molecule has 184 valence electrons. The number of pyridine rings is 1. The molecule has 0 spiro atoms. The fourth-order valence-corrected chi connectivity index (χ4v) is 4.36. The largest absolute Gasteiger partial charge is 0.481 e. The van der Waals surface area contributed by atoms with Gasteiger partial charge in [-0.05, 0) is 80.5 Å². The smallest absolute Gasteiger partial charge is 0.306 e. The van der Waals surface area contributed by atoms with E-state index < -0.39 is 23.9 Å². The Morgan fingerprint density at radius 2 is 1.77 bits per heavy atom. The molecule has 1 aliphatic rings. The van der Waals surface area contributed by atoms with Crippen LogP contribution in [-0.2, 0) is 4.79 Å². The van der Waals surface area contributed by atoms with Crippen LogP contribution >= 0.6 is 0 Å². The molecule has 0 saturated heterocycles. The second-order valence-corrected chi connectivity index (χ2v) is 8.71. The Hall–Kier alpha value is -3.69. The molecule has 1 aliphatic carbocycles. The number of nitrogens with zero attached hydrogens (tertiary/aromatic N) is 3. The number of rotatable bonds is 7. The lowest BCUT2D eigenvalue weighted by molar-refractivity contribution is -0.143. The van der Waals surface area contributed by atoms with E-state index in [-0.39, 0.29) is 30.3 Å². The highest BCUT2D eigenvalue weighted by Crippen LogP contribution is 2.40. The Morgan fingerprint density at radius 3 is 2.40 bits per heavy atom. The van der Waals surface area contributed by atoms with E-state index in [2.05, 4.69) is 15.0 Å². The summed E-state index contributed by atoms with van der Waals surface area (Å²) in [4.78, 5) is 23.7. The molecular weight excluding hydrogens is 461 g/mol. The number of benzene rings is 1. The van der Waals surface area contributed by atoms with Crippen LogP contribution in [0.2, 0.25) is 0 Å². The second kappa shape index (κ2) is 10.3. The summed E-state index contributed by atoms with van der Waals surface area (Å²) in [7, 11) is 0. The molecule has 2 aromatic heterocycles. The van der Waals surface area contributed by atoms with E-state index in [1.165, 1.54) is 30.3 Å². The maximum atomic E-state index is 13.6. The van der Waals surface area contributed by atoms with E-state index in [9.17, 15) is 23.1 Å². The van der Waals surface area contributed by atoms with Gasteiger partial charge in [-0.25, -0.2) is 18.2 Å². The van der Waals surface area contributed by atoms with E-state index in [1.54, 1.807) is 13.0 Å². The quantitative estimate of drug-likeness (QED) is 0.457.